The van der Waals surface area contributed by atoms with Gasteiger partial charge < -0.3 is 26.4 Å². The summed E-state index contributed by atoms with van der Waals surface area (Å²) >= 11 is 0. The van der Waals surface area contributed by atoms with Crippen LogP contribution >= 0.6 is 0 Å². The second kappa shape index (κ2) is 10.2. The summed E-state index contributed by atoms with van der Waals surface area (Å²) in [7, 11) is 1.45. The number of hydrogen-bond acceptors (Lipinski definition) is 7. The molecule has 31 heavy (non-hydrogen) atoms. The third-order valence-corrected chi connectivity index (χ3v) is 4.38. The molecule has 0 spiro atoms. The van der Waals surface area contributed by atoms with Crippen molar-refractivity contribution in [2.75, 3.05) is 29.7 Å². The molecule has 0 radical (unpaired) electrons. The van der Waals surface area contributed by atoms with Crippen molar-refractivity contribution in [3.8, 4) is 0 Å². The summed E-state index contributed by atoms with van der Waals surface area (Å²) in [6, 6.07) is 16.7. The predicted octanol–water partition coefficient (Wildman–Crippen LogP) is 3.08. The first kappa shape index (κ1) is 21.7. The number of aromatic nitrogens is 2. The number of primary amides is 1. The number of carbonyl (C=O) groups excluding carboxylic acids is 2. The van der Waals surface area contributed by atoms with Gasteiger partial charge in [-0.15, -0.1) is 0 Å². The molecule has 1 heterocycles. The molecular formula is C22H24N6O3. The number of nitrogens with zero attached hydrogens (tertiary/aromatic N) is 2. The smallest absolute Gasteiger partial charge is 0.254 e. The van der Waals surface area contributed by atoms with Crippen molar-refractivity contribution in [1.29, 1.82) is 0 Å². The Hall–Kier alpha value is -3.98. The second-order valence-electron chi connectivity index (χ2n) is 6.78. The molecule has 1 unspecified atom stereocenters. The number of benzene rings is 2. The number of carbonyl (C=O) groups is 2. The van der Waals surface area contributed by atoms with Crippen LogP contribution in [0.3, 0.4) is 0 Å². The van der Waals surface area contributed by atoms with E-state index in [1.54, 1.807) is 24.3 Å². The average Bonchev–Trinajstić information content (AvgIpc) is 2.74. The molecule has 5 N–H and O–H groups in total. The standard InChI is InChI=1S/C22H24N6O3/c1-14(15-7-4-3-5-8-15)25-21-18(20(23)30)12-24-22(28-21)27-17-10-6-9-16(11-17)26-19(29)13-31-2/h3-12,14H,13H2,1-2H3,(H2,23,30)(H,26,29)(H2,24,25,27,28). The van der Waals surface area contributed by atoms with Crippen molar-refractivity contribution < 1.29 is 14.3 Å². The molecule has 3 aromatic rings. The summed E-state index contributed by atoms with van der Waals surface area (Å²) < 4.78 is 4.82. The van der Waals surface area contributed by atoms with Gasteiger partial charge in [0.2, 0.25) is 11.9 Å². The van der Waals surface area contributed by atoms with Gasteiger partial charge in [-0.05, 0) is 30.7 Å². The summed E-state index contributed by atoms with van der Waals surface area (Å²) in [6.07, 6.45) is 1.38. The van der Waals surface area contributed by atoms with Crippen LogP contribution in [0.15, 0.2) is 60.8 Å². The van der Waals surface area contributed by atoms with Crippen molar-refractivity contribution >= 4 is 35.0 Å². The highest BCUT2D eigenvalue weighted by molar-refractivity contribution is 5.97. The molecule has 0 aliphatic rings. The van der Waals surface area contributed by atoms with Gasteiger partial charge in [-0.2, -0.15) is 4.98 Å². The summed E-state index contributed by atoms with van der Waals surface area (Å²) in [4.78, 5) is 32.2. The lowest BCUT2D eigenvalue weighted by Gasteiger charge is -2.17. The Morgan fingerprint density at radius 2 is 1.84 bits per heavy atom. The van der Waals surface area contributed by atoms with E-state index in [9.17, 15) is 9.59 Å². The summed E-state index contributed by atoms with van der Waals surface area (Å²) in [5.41, 5.74) is 7.97. The topological polar surface area (TPSA) is 131 Å². The average molecular weight is 420 g/mol. The number of hydrogen-bond donors (Lipinski definition) is 4. The van der Waals surface area contributed by atoms with Crippen LogP contribution in [0.1, 0.15) is 28.9 Å². The Kier molecular flexibility index (Phi) is 7.13. The lowest BCUT2D eigenvalue weighted by Crippen LogP contribution is -2.18. The minimum absolute atomic E-state index is 0.0377. The quantitative estimate of drug-likeness (QED) is 0.418. The van der Waals surface area contributed by atoms with Crippen LogP contribution < -0.4 is 21.7 Å². The third-order valence-electron chi connectivity index (χ3n) is 4.38. The maximum absolute atomic E-state index is 11.8. The zero-order valence-corrected chi connectivity index (χ0v) is 17.3. The van der Waals surface area contributed by atoms with Gasteiger partial charge in [-0.1, -0.05) is 36.4 Å². The molecule has 2 aromatic carbocycles. The summed E-state index contributed by atoms with van der Waals surface area (Å²) in [6.45, 7) is 1.92. The molecule has 2 amide bonds. The van der Waals surface area contributed by atoms with Gasteiger partial charge in [0.25, 0.3) is 5.91 Å². The third kappa shape index (κ3) is 6.00. The summed E-state index contributed by atoms with van der Waals surface area (Å²) in [5, 5.41) is 9.03. The number of anilines is 4. The predicted molar refractivity (Wildman–Crippen MR) is 119 cm³/mol. The zero-order valence-electron chi connectivity index (χ0n) is 17.3. The van der Waals surface area contributed by atoms with Gasteiger partial charge in [0.15, 0.2) is 0 Å². The molecular weight excluding hydrogens is 396 g/mol. The molecule has 0 saturated carbocycles. The van der Waals surface area contributed by atoms with Gasteiger partial charge in [0.1, 0.15) is 12.4 Å². The fourth-order valence-corrected chi connectivity index (χ4v) is 2.89. The first-order valence-corrected chi connectivity index (χ1v) is 9.60. The number of amides is 2. The van der Waals surface area contributed by atoms with Gasteiger partial charge in [-0.25, -0.2) is 4.98 Å². The van der Waals surface area contributed by atoms with Gasteiger partial charge >= 0.3 is 0 Å². The van der Waals surface area contributed by atoms with Gasteiger partial charge in [0.05, 0.1) is 5.56 Å². The highest BCUT2D eigenvalue weighted by Gasteiger charge is 2.15. The fraction of sp³-hybridized carbons (Fsp3) is 0.182. The number of nitrogens with two attached hydrogens (primary N) is 1. The number of rotatable bonds is 9. The Labute approximate surface area is 180 Å². The SMILES string of the molecule is COCC(=O)Nc1cccc(Nc2ncc(C(N)=O)c(NC(C)c3ccccc3)n2)c1. The largest absolute Gasteiger partial charge is 0.375 e. The fourth-order valence-electron chi connectivity index (χ4n) is 2.89. The minimum Gasteiger partial charge on any atom is -0.375 e. The van der Waals surface area contributed by atoms with Crippen molar-refractivity contribution in [2.45, 2.75) is 13.0 Å². The van der Waals surface area contributed by atoms with E-state index in [1.165, 1.54) is 13.3 Å². The number of nitrogens with one attached hydrogen (secondary N) is 3. The Morgan fingerprint density at radius 1 is 1.10 bits per heavy atom. The first-order valence-electron chi connectivity index (χ1n) is 9.60. The molecule has 0 aliphatic carbocycles. The van der Waals surface area contributed by atoms with Crippen LogP contribution in [-0.2, 0) is 9.53 Å². The lowest BCUT2D eigenvalue weighted by molar-refractivity contribution is -0.119. The van der Waals surface area contributed by atoms with Gasteiger partial charge in [0, 0.05) is 30.7 Å². The van der Waals surface area contributed by atoms with Crippen molar-refractivity contribution in [3.63, 3.8) is 0 Å². The van der Waals surface area contributed by atoms with E-state index in [1.807, 2.05) is 37.3 Å². The van der Waals surface area contributed by atoms with E-state index in [0.29, 0.717) is 17.2 Å². The maximum atomic E-state index is 11.8. The van der Waals surface area contributed by atoms with Crippen LogP contribution in [-0.4, -0.2) is 35.5 Å². The molecule has 160 valence electrons. The van der Waals surface area contributed by atoms with Crippen molar-refractivity contribution in [1.82, 2.24) is 9.97 Å². The van der Waals surface area contributed by atoms with Crippen LogP contribution in [0, 0.1) is 0 Å². The molecule has 9 nitrogen and oxygen atoms in total. The van der Waals surface area contributed by atoms with Crippen molar-refractivity contribution in [2.24, 2.45) is 5.73 Å². The van der Waals surface area contributed by atoms with E-state index in [2.05, 4.69) is 25.9 Å². The maximum Gasteiger partial charge on any atom is 0.254 e. The summed E-state index contributed by atoms with van der Waals surface area (Å²) in [5.74, 6) is -0.292. The second-order valence-corrected chi connectivity index (χ2v) is 6.78. The Bertz CT molecular complexity index is 1060. The zero-order chi connectivity index (χ0) is 22.2. The first-order chi connectivity index (χ1) is 15.0. The Morgan fingerprint density at radius 3 is 2.55 bits per heavy atom. The molecule has 1 atom stereocenters. The van der Waals surface area contributed by atoms with E-state index in [4.69, 9.17) is 10.5 Å². The van der Waals surface area contributed by atoms with Crippen LogP contribution in [0.25, 0.3) is 0 Å². The number of ether oxygens (including phenoxy) is 1. The van der Waals surface area contributed by atoms with E-state index in [-0.39, 0.29) is 30.1 Å². The van der Waals surface area contributed by atoms with Crippen LogP contribution in [0.5, 0.6) is 0 Å². The van der Waals surface area contributed by atoms with Crippen LogP contribution in [0.2, 0.25) is 0 Å². The highest BCUT2D eigenvalue weighted by atomic mass is 16.5. The molecule has 0 bridgehead atoms. The highest BCUT2D eigenvalue weighted by Crippen LogP contribution is 2.23. The monoisotopic (exact) mass is 420 g/mol. The molecule has 0 saturated heterocycles. The molecule has 1 aromatic heterocycles. The van der Waals surface area contributed by atoms with E-state index < -0.39 is 5.91 Å². The minimum atomic E-state index is -0.628. The molecule has 9 heteroatoms. The lowest BCUT2D eigenvalue weighted by atomic mass is 10.1. The number of methoxy groups -OCH3 is 1. The van der Waals surface area contributed by atoms with E-state index in [0.717, 1.165) is 5.56 Å². The van der Waals surface area contributed by atoms with E-state index >= 15 is 0 Å². The molecule has 0 aliphatic heterocycles. The molecule has 3 rings (SSSR count). The molecule has 0 fully saturated rings. The Balaban J connectivity index is 1.80. The van der Waals surface area contributed by atoms with Crippen LogP contribution in [0.4, 0.5) is 23.1 Å². The van der Waals surface area contributed by atoms with Crippen molar-refractivity contribution in [3.05, 3.63) is 71.9 Å². The van der Waals surface area contributed by atoms with Gasteiger partial charge in [-0.3, -0.25) is 9.59 Å². The normalized spacial score (nSPS) is 11.4.